The van der Waals surface area contributed by atoms with E-state index in [0.29, 0.717) is 12.3 Å². The summed E-state index contributed by atoms with van der Waals surface area (Å²) in [6.07, 6.45) is 0. The third kappa shape index (κ3) is 4.18. The highest BCUT2D eigenvalue weighted by molar-refractivity contribution is 5.85. The predicted molar refractivity (Wildman–Crippen MR) is 59.1 cm³/mol. The van der Waals surface area contributed by atoms with Crippen LogP contribution in [0.25, 0.3) is 0 Å². The molecule has 15 heavy (non-hydrogen) atoms. The van der Waals surface area contributed by atoms with Crippen LogP contribution in [-0.2, 0) is 16.1 Å². The molecular formula is C10H14ClNO3. The SMILES string of the molecule is COC(=O)COc1ccccc1CN.Cl. The van der Waals surface area contributed by atoms with Gasteiger partial charge < -0.3 is 15.2 Å². The van der Waals surface area contributed by atoms with Gasteiger partial charge in [-0.2, -0.15) is 0 Å². The fourth-order valence-corrected chi connectivity index (χ4v) is 1.01. The minimum Gasteiger partial charge on any atom is -0.482 e. The lowest BCUT2D eigenvalue weighted by Gasteiger charge is -2.08. The second-order valence-corrected chi connectivity index (χ2v) is 2.68. The Morgan fingerprint density at radius 1 is 1.40 bits per heavy atom. The van der Waals surface area contributed by atoms with Gasteiger partial charge >= 0.3 is 5.97 Å². The van der Waals surface area contributed by atoms with Gasteiger partial charge in [0, 0.05) is 12.1 Å². The topological polar surface area (TPSA) is 61.5 Å². The number of hydrogen-bond acceptors (Lipinski definition) is 4. The van der Waals surface area contributed by atoms with Crippen molar-refractivity contribution in [2.45, 2.75) is 6.54 Å². The molecule has 0 aromatic heterocycles. The summed E-state index contributed by atoms with van der Waals surface area (Å²) in [5.74, 6) is 0.220. The van der Waals surface area contributed by atoms with Gasteiger partial charge in [-0.1, -0.05) is 18.2 Å². The van der Waals surface area contributed by atoms with E-state index >= 15 is 0 Å². The molecule has 0 aliphatic carbocycles. The molecule has 0 aliphatic heterocycles. The molecule has 0 atom stereocenters. The number of carbonyl (C=O) groups excluding carboxylic acids is 1. The van der Waals surface area contributed by atoms with E-state index in [4.69, 9.17) is 10.5 Å². The highest BCUT2D eigenvalue weighted by Crippen LogP contribution is 2.16. The first-order valence-corrected chi connectivity index (χ1v) is 4.25. The van der Waals surface area contributed by atoms with Crippen molar-refractivity contribution >= 4 is 18.4 Å². The molecule has 0 saturated heterocycles. The molecule has 2 N–H and O–H groups in total. The van der Waals surface area contributed by atoms with E-state index in [1.54, 1.807) is 6.07 Å². The van der Waals surface area contributed by atoms with Crippen molar-refractivity contribution in [2.75, 3.05) is 13.7 Å². The van der Waals surface area contributed by atoms with Gasteiger partial charge in [-0.15, -0.1) is 12.4 Å². The van der Waals surface area contributed by atoms with Crippen LogP contribution in [0.2, 0.25) is 0 Å². The Labute approximate surface area is 94.8 Å². The Balaban J connectivity index is 0.00000196. The first kappa shape index (κ1) is 13.7. The number of halogens is 1. The summed E-state index contributed by atoms with van der Waals surface area (Å²) in [4.78, 5) is 10.8. The molecule has 0 unspecified atom stereocenters. The third-order valence-electron chi connectivity index (χ3n) is 1.77. The van der Waals surface area contributed by atoms with Crippen LogP contribution in [0.1, 0.15) is 5.56 Å². The van der Waals surface area contributed by atoms with E-state index in [-0.39, 0.29) is 19.0 Å². The monoisotopic (exact) mass is 231 g/mol. The van der Waals surface area contributed by atoms with Crippen LogP contribution in [0.4, 0.5) is 0 Å². The summed E-state index contributed by atoms with van der Waals surface area (Å²) < 4.78 is 9.68. The van der Waals surface area contributed by atoms with Crippen molar-refractivity contribution in [3.8, 4) is 5.75 Å². The first-order valence-electron chi connectivity index (χ1n) is 4.25. The number of para-hydroxylation sites is 1. The van der Waals surface area contributed by atoms with Gasteiger partial charge in [0.15, 0.2) is 6.61 Å². The number of hydrogen-bond donors (Lipinski definition) is 1. The zero-order chi connectivity index (χ0) is 10.4. The van der Waals surface area contributed by atoms with Gasteiger partial charge in [0.1, 0.15) is 5.75 Å². The van der Waals surface area contributed by atoms with E-state index in [1.165, 1.54) is 7.11 Å². The van der Waals surface area contributed by atoms with Crippen LogP contribution in [0.3, 0.4) is 0 Å². The zero-order valence-electron chi connectivity index (χ0n) is 8.43. The van der Waals surface area contributed by atoms with Crippen LogP contribution in [0.15, 0.2) is 24.3 Å². The molecule has 0 aliphatic rings. The van der Waals surface area contributed by atoms with Crippen molar-refractivity contribution in [2.24, 2.45) is 5.73 Å². The maximum absolute atomic E-state index is 10.8. The van der Waals surface area contributed by atoms with E-state index in [0.717, 1.165) is 5.56 Å². The summed E-state index contributed by atoms with van der Waals surface area (Å²) in [5.41, 5.74) is 6.37. The first-order chi connectivity index (χ1) is 6.77. The maximum atomic E-state index is 10.8. The molecule has 84 valence electrons. The lowest BCUT2D eigenvalue weighted by atomic mass is 10.2. The number of benzene rings is 1. The molecular weight excluding hydrogens is 218 g/mol. The van der Waals surface area contributed by atoms with Crippen molar-refractivity contribution in [3.63, 3.8) is 0 Å². The van der Waals surface area contributed by atoms with E-state index in [9.17, 15) is 4.79 Å². The normalized spacial score (nSPS) is 8.93. The molecule has 5 heteroatoms. The highest BCUT2D eigenvalue weighted by Gasteiger charge is 2.04. The molecule has 1 aromatic rings. The Morgan fingerprint density at radius 3 is 2.67 bits per heavy atom. The van der Waals surface area contributed by atoms with Crippen LogP contribution in [0.5, 0.6) is 5.75 Å². The van der Waals surface area contributed by atoms with E-state index in [2.05, 4.69) is 4.74 Å². The fraction of sp³-hybridized carbons (Fsp3) is 0.300. The number of rotatable bonds is 4. The fourth-order valence-electron chi connectivity index (χ4n) is 1.01. The molecule has 0 spiro atoms. The van der Waals surface area contributed by atoms with Crippen molar-refractivity contribution < 1.29 is 14.3 Å². The minimum absolute atomic E-state index is 0. The largest absolute Gasteiger partial charge is 0.482 e. The highest BCUT2D eigenvalue weighted by atomic mass is 35.5. The Morgan fingerprint density at radius 2 is 2.07 bits per heavy atom. The van der Waals surface area contributed by atoms with Gasteiger partial charge in [-0.05, 0) is 6.07 Å². The molecule has 0 heterocycles. The number of nitrogens with two attached hydrogens (primary N) is 1. The summed E-state index contributed by atoms with van der Waals surface area (Å²) in [6.45, 7) is 0.296. The number of esters is 1. The zero-order valence-corrected chi connectivity index (χ0v) is 9.25. The standard InChI is InChI=1S/C10H13NO3.ClH/c1-13-10(12)7-14-9-5-3-2-4-8(9)6-11;/h2-5H,6-7,11H2,1H3;1H. The van der Waals surface area contributed by atoms with Crippen molar-refractivity contribution in [1.82, 2.24) is 0 Å². The lowest BCUT2D eigenvalue weighted by Crippen LogP contribution is -2.13. The molecule has 0 radical (unpaired) electrons. The molecule has 0 bridgehead atoms. The van der Waals surface area contributed by atoms with Crippen LogP contribution >= 0.6 is 12.4 Å². The Kier molecular flexibility index (Phi) is 6.49. The molecule has 4 nitrogen and oxygen atoms in total. The molecule has 1 rings (SSSR count). The Bertz CT molecular complexity index is 317. The lowest BCUT2D eigenvalue weighted by molar-refractivity contribution is -0.142. The molecule has 0 saturated carbocycles. The number of ether oxygens (including phenoxy) is 2. The molecule has 0 amide bonds. The predicted octanol–water partition coefficient (Wildman–Crippen LogP) is 1.12. The van der Waals surface area contributed by atoms with Gasteiger partial charge in [-0.25, -0.2) is 4.79 Å². The van der Waals surface area contributed by atoms with Gasteiger partial charge in [-0.3, -0.25) is 0 Å². The maximum Gasteiger partial charge on any atom is 0.343 e. The molecule has 1 aromatic carbocycles. The van der Waals surface area contributed by atoms with Gasteiger partial charge in [0.2, 0.25) is 0 Å². The van der Waals surface area contributed by atoms with E-state index in [1.807, 2.05) is 18.2 Å². The van der Waals surface area contributed by atoms with Crippen molar-refractivity contribution in [1.29, 1.82) is 0 Å². The average molecular weight is 232 g/mol. The number of carbonyl (C=O) groups is 1. The minimum atomic E-state index is -0.406. The third-order valence-corrected chi connectivity index (χ3v) is 1.77. The van der Waals surface area contributed by atoms with E-state index < -0.39 is 5.97 Å². The quantitative estimate of drug-likeness (QED) is 0.789. The smallest absolute Gasteiger partial charge is 0.343 e. The number of methoxy groups -OCH3 is 1. The van der Waals surface area contributed by atoms with Crippen LogP contribution in [-0.4, -0.2) is 19.7 Å². The van der Waals surface area contributed by atoms with Crippen molar-refractivity contribution in [3.05, 3.63) is 29.8 Å². The summed E-state index contributed by atoms with van der Waals surface area (Å²) in [5, 5.41) is 0. The second kappa shape index (κ2) is 7.09. The summed E-state index contributed by atoms with van der Waals surface area (Å²) in [6, 6.07) is 7.32. The van der Waals surface area contributed by atoms with Crippen LogP contribution < -0.4 is 10.5 Å². The summed E-state index contributed by atoms with van der Waals surface area (Å²) in [7, 11) is 1.32. The van der Waals surface area contributed by atoms with Gasteiger partial charge in [0.05, 0.1) is 7.11 Å². The summed E-state index contributed by atoms with van der Waals surface area (Å²) >= 11 is 0. The Hall–Kier alpha value is -1.26. The van der Waals surface area contributed by atoms with Crippen LogP contribution in [0, 0.1) is 0 Å². The average Bonchev–Trinajstić information content (AvgIpc) is 2.26. The molecule has 0 fully saturated rings. The second-order valence-electron chi connectivity index (χ2n) is 2.68. The van der Waals surface area contributed by atoms with Gasteiger partial charge in [0.25, 0.3) is 0 Å².